The lowest BCUT2D eigenvalue weighted by molar-refractivity contribution is -0.385. The molecular weight excluding hydrogens is 837 g/mol. The smallest absolute Gasteiger partial charge is 0.282 e. The summed E-state index contributed by atoms with van der Waals surface area (Å²) in [5.74, 6) is -2.78. The van der Waals surface area contributed by atoms with Gasteiger partial charge >= 0.3 is 0 Å². The average Bonchev–Trinajstić information content (AvgIpc) is 3.84. The summed E-state index contributed by atoms with van der Waals surface area (Å²) in [6, 6.07) is 32.0. The van der Waals surface area contributed by atoms with Crippen LogP contribution in [0, 0.1) is 10.1 Å². The Hall–Kier alpha value is -8.34. The first kappa shape index (κ1) is 41.7. The van der Waals surface area contributed by atoms with E-state index in [1.807, 2.05) is 48.8 Å². The van der Waals surface area contributed by atoms with Gasteiger partial charge in [-0.2, -0.15) is 0 Å². The number of nitro benzene ring substituents is 1. The number of fused-ring (bicyclic) bond motifs is 6. The maximum absolute atomic E-state index is 14.3. The molecule has 4 aromatic heterocycles. The van der Waals surface area contributed by atoms with E-state index < -0.39 is 34.2 Å². The Kier molecular flexibility index (Phi) is 11.2. The molecule has 0 fully saturated rings. The molecule has 328 valence electrons. The van der Waals surface area contributed by atoms with E-state index in [1.165, 1.54) is 36.4 Å². The molecule has 1 aliphatic heterocycles. The maximum atomic E-state index is 14.3. The molecule has 0 bridgehead atoms. The summed E-state index contributed by atoms with van der Waals surface area (Å²) < 4.78 is 4.41. The van der Waals surface area contributed by atoms with Gasteiger partial charge in [0.25, 0.3) is 29.3 Å². The molecule has 4 amide bonds. The number of nitro groups is 1. The number of aromatic nitrogens is 4. The van der Waals surface area contributed by atoms with Crippen LogP contribution in [0.3, 0.4) is 0 Å². The van der Waals surface area contributed by atoms with Gasteiger partial charge in [0.15, 0.2) is 0 Å². The van der Waals surface area contributed by atoms with Gasteiger partial charge in [0.05, 0.1) is 34.0 Å². The third-order valence-electron chi connectivity index (χ3n) is 12.1. The van der Waals surface area contributed by atoms with E-state index in [0.717, 1.165) is 48.5 Å². The fraction of sp³-hybridized carbons (Fsp3) is 0.160. The van der Waals surface area contributed by atoms with Gasteiger partial charge in [-0.25, -0.2) is 4.90 Å². The van der Waals surface area contributed by atoms with Crippen LogP contribution in [0.5, 0.6) is 0 Å². The Bertz CT molecular complexity index is 3170. The quantitative estimate of drug-likeness (QED) is 0.0355. The zero-order valence-corrected chi connectivity index (χ0v) is 35.5. The van der Waals surface area contributed by atoms with Gasteiger partial charge < -0.3 is 30.4 Å². The zero-order chi connectivity index (χ0) is 45.3. The first-order valence-corrected chi connectivity index (χ1v) is 21.6. The largest absolute Gasteiger partial charge is 0.351 e. The van der Waals surface area contributed by atoms with Crippen LogP contribution < -0.4 is 26.2 Å². The highest BCUT2D eigenvalue weighted by molar-refractivity contribution is 6.37. The number of anilines is 1. The van der Waals surface area contributed by atoms with Crippen LogP contribution in [-0.2, 0) is 13.1 Å². The third kappa shape index (κ3) is 7.52. The number of hydrogen-bond acceptors (Lipinski definition) is 10. The first-order chi connectivity index (χ1) is 32.3. The number of amides is 4. The Morgan fingerprint density at radius 2 is 1.12 bits per heavy atom. The van der Waals surface area contributed by atoms with Gasteiger partial charge in [-0.05, 0) is 60.0 Å². The van der Waals surface area contributed by atoms with Crippen molar-refractivity contribution in [3.63, 3.8) is 0 Å². The number of nitrogens with one attached hydrogen (secondary N) is 4. The lowest BCUT2D eigenvalue weighted by Crippen LogP contribution is -2.41. The third-order valence-corrected chi connectivity index (χ3v) is 12.1. The topological polar surface area (TPSA) is 198 Å². The van der Waals surface area contributed by atoms with Crippen molar-refractivity contribution in [3.05, 3.63) is 166 Å². The van der Waals surface area contributed by atoms with Gasteiger partial charge in [-0.1, -0.05) is 48.5 Å². The highest BCUT2D eigenvalue weighted by atomic mass is 16.6. The summed E-state index contributed by atoms with van der Waals surface area (Å²) in [4.78, 5) is 77.1. The number of carbonyl (C=O) groups excluding carboxylic acids is 4. The van der Waals surface area contributed by atoms with E-state index in [-0.39, 0.29) is 46.4 Å². The monoisotopic (exact) mass is 878 g/mol. The number of carbonyl (C=O) groups is 4. The Labute approximate surface area is 376 Å². The standard InChI is InChI=1S/C50H42N10O6/c61-47(55-20-18-51-22-24-57-40-10-3-1-7-35(40)37-14-16-53-29-43(37)57)32-26-33(48(62)56-21-19-52-23-25-58-41-11-4-2-8-36(41)38-15-17-54-30-44(38)58)28-34(27-32)59-49(63)39-9-5-6-31-12-13-42(60(65)66)46(45(31)39)50(59)64/h1-17,26-30,51-52H,18-25H2,(H,55,61)(H,56,62). The lowest BCUT2D eigenvalue weighted by atomic mass is 9.92. The predicted octanol–water partition coefficient (Wildman–Crippen LogP) is 6.59. The molecule has 0 aliphatic carbocycles. The second-order valence-electron chi connectivity index (χ2n) is 16.0. The van der Waals surface area contributed by atoms with Crippen molar-refractivity contribution in [1.82, 2.24) is 40.4 Å². The highest BCUT2D eigenvalue weighted by Crippen LogP contribution is 2.38. The molecule has 0 saturated heterocycles. The molecular formula is C50H42N10O6. The van der Waals surface area contributed by atoms with Crippen LogP contribution in [0.15, 0.2) is 134 Å². The molecule has 16 heteroatoms. The van der Waals surface area contributed by atoms with E-state index in [4.69, 9.17) is 0 Å². The van der Waals surface area contributed by atoms with Crippen LogP contribution in [0.4, 0.5) is 11.4 Å². The highest BCUT2D eigenvalue weighted by Gasteiger charge is 2.39. The molecule has 0 radical (unpaired) electrons. The second kappa shape index (κ2) is 17.7. The van der Waals surface area contributed by atoms with Crippen molar-refractivity contribution in [2.24, 2.45) is 0 Å². The van der Waals surface area contributed by atoms with Gasteiger partial charge in [0.2, 0.25) is 0 Å². The summed E-state index contributed by atoms with van der Waals surface area (Å²) >= 11 is 0. The first-order valence-electron chi connectivity index (χ1n) is 21.6. The normalized spacial score (nSPS) is 12.5. The van der Waals surface area contributed by atoms with Crippen molar-refractivity contribution in [2.45, 2.75) is 13.1 Å². The molecule has 5 heterocycles. The van der Waals surface area contributed by atoms with Crippen LogP contribution in [0.25, 0.3) is 54.4 Å². The van der Waals surface area contributed by atoms with E-state index >= 15 is 0 Å². The minimum atomic E-state index is -0.939. The summed E-state index contributed by atoms with van der Waals surface area (Å²) in [6.07, 6.45) is 7.28. The number of nitrogens with zero attached hydrogens (tertiary/aromatic N) is 6. The molecule has 10 rings (SSSR count). The Morgan fingerprint density at radius 1 is 0.576 bits per heavy atom. The van der Waals surface area contributed by atoms with E-state index in [2.05, 4.69) is 64.6 Å². The van der Waals surface area contributed by atoms with E-state index in [9.17, 15) is 29.3 Å². The van der Waals surface area contributed by atoms with Crippen LogP contribution >= 0.6 is 0 Å². The SMILES string of the molecule is O=C(NCCNCCn1c2ccccc2c2ccncc21)c1cc(C(=O)NCCNCCn2c3ccccc3c3ccncc32)cc(N2C(=O)c3cccc4ccc([N+](=O)[O-])c(c34)C2=O)c1. The average molecular weight is 879 g/mol. The molecule has 0 saturated carbocycles. The van der Waals surface area contributed by atoms with Crippen molar-refractivity contribution >= 4 is 89.4 Å². The number of rotatable bonds is 16. The van der Waals surface area contributed by atoms with Gasteiger partial charge in [-0.15, -0.1) is 0 Å². The van der Waals surface area contributed by atoms with Crippen molar-refractivity contribution in [1.29, 1.82) is 0 Å². The predicted molar refractivity (Wildman–Crippen MR) is 253 cm³/mol. The molecule has 9 aromatic rings. The fourth-order valence-corrected chi connectivity index (χ4v) is 9.11. The lowest BCUT2D eigenvalue weighted by Gasteiger charge is -2.27. The summed E-state index contributed by atoms with van der Waals surface area (Å²) in [5.41, 5.74) is 3.56. The Balaban J connectivity index is 0.843. The van der Waals surface area contributed by atoms with Crippen molar-refractivity contribution in [3.8, 4) is 0 Å². The number of benzene rings is 5. The number of hydrogen-bond donors (Lipinski definition) is 4. The van der Waals surface area contributed by atoms with Gasteiger partial charge in [0, 0.05) is 125 Å². The minimum absolute atomic E-state index is 0.0152. The van der Waals surface area contributed by atoms with E-state index in [0.29, 0.717) is 44.7 Å². The molecule has 5 aromatic carbocycles. The fourth-order valence-electron chi connectivity index (χ4n) is 9.11. The summed E-state index contributed by atoms with van der Waals surface area (Å²) in [7, 11) is 0. The van der Waals surface area contributed by atoms with Gasteiger partial charge in [0.1, 0.15) is 5.56 Å². The molecule has 0 atom stereocenters. The van der Waals surface area contributed by atoms with Crippen LogP contribution in [0.1, 0.15) is 41.4 Å². The zero-order valence-electron chi connectivity index (χ0n) is 35.5. The minimum Gasteiger partial charge on any atom is -0.351 e. The Morgan fingerprint density at radius 3 is 1.68 bits per heavy atom. The number of para-hydroxylation sites is 2. The maximum Gasteiger partial charge on any atom is 0.282 e. The molecule has 16 nitrogen and oxygen atoms in total. The van der Waals surface area contributed by atoms with Crippen LogP contribution in [0.2, 0.25) is 0 Å². The van der Waals surface area contributed by atoms with Crippen molar-refractivity contribution in [2.75, 3.05) is 44.2 Å². The van der Waals surface area contributed by atoms with E-state index in [1.54, 1.807) is 24.5 Å². The molecule has 0 spiro atoms. The molecule has 1 aliphatic rings. The van der Waals surface area contributed by atoms with Crippen molar-refractivity contribution < 1.29 is 24.1 Å². The number of imide groups is 1. The summed E-state index contributed by atoms with van der Waals surface area (Å²) in [6.45, 7) is 3.80. The van der Waals surface area contributed by atoms with Gasteiger partial charge in [-0.3, -0.25) is 39.3 Å². The second-order valence-corrected chi connectivity index (χ2v) is 16.0. The van der Waals surface area contributed by atoms with Crippen LogP contribution in [-0.4, -0.2) is 86.9 Å². The molecule has 66 heavy (non-hydrogen) atoms. The molecule has 0 unspecified atom stereocenters. The number of pyridine rings is 2. The summed E-state index contributed by atoms with van der Waals surface area (Å²) in [5, 5.41) is 29.9. The molecule has 4 N–H and O–H groups in total.